The molecule has 1 aliphatic rings. The molecule has 1 unspecified atom stereocenters. The maximum absolute atomic E-state index is 13.0. The number of nitrogens with zero attached hydrogens (tertiary/aromatic N) is 2. The van der Waals surface area contributed by atoms with Crippen LogP contribution < -0.4 is 4.90 Å². The molecule has 0 aromatic heterocycles. The number of carbonyl (C=O) groups is 1. The summed E-state index contributed by atoms with van der Waals surface area (Å²) in [5.41, 5.74) is 1.90. The van der Waals surface area contributed by atoms with Gasteiger partial charge in [0.15, 0.2) is 0 Å². The molecule has 0 aliphatic carbocycles. The van der Waals surface area contributed by atoms with E-state index in [1.54, 1.807) is 0 Å². The normalized spacial score (nSPS) is 18.1. The third-order valence-electron chi connectivity index (χ3n) is 4.73. The first-order chi connectivity index (χ1) is 12.3. The van der Waals surface area contributed by atoms with E-state index in [1.807, 2.05) is 62.1 Å². The van der Waals surface area contributed by atoms with Gasteiger partial charge in [0.25, 0.3) is 0 Å². The maximum Gasteiger partial charge on any atom is 0.228 e. The molecule has 1 saturated heterocycles. The van der Waals surface area contributed by atoms with Crippen molar-refractivity contribution in [1.29, 1.82) is 0 Å². The molecule has 0 bridgehead atoms. The van der Waals surface area contributed by atoms with E-state index in [-0.39, 0.29) is 11.9 Å². The number of benzene rings is 2. The molecule has 1 atom stereocenters. The maximum atomic E-state index is 13.0. The number of halogens is 2. The highest BCUT2D eigenvalue weighted by molar-refractivity contribution is 9.10. The molecule has 0 radical (unpaired) electrons. The molecule has 2 aromatic rings. The van der Waals surface area contributed by atoms with E-state index in [0.29, 0.717) is 6.54 Å². The van der Waals surface area contributed by atoms with Crippen LogP contribution in [0.15, 0.2) is 53.0 Å². The van der Waals surface area contributed by atoms with E-state index >= 15 is 0 Å². The number of piperazine rings is 1. The van der Waals surface area contributed by atoms with Crippen LogP contribution in [0.5, 0.6) is 0 Å². The van der Waals surface area contributed by atoms with Crippen molar-refractivity contribution in [3.8, 4) is 0 Å². The summed E-state index contributed by atoms with van der Waals surface area (Å²) in [4.78, 5) is 17.4. The number of rotatable bonds is 2. The zero-order valence-electron chi connectivity index (χ0n) is 15.4. The molecular weight excluding hydrogens is 412 g/mol. The van der Waals surface area contributed by atoms with Gasteiger partial charge in [0.1, 0.15) is 0 Å². The topological polar surface area (TPSA) is 23.6 Å². The Labute approximate surface area is 169 Å². The summed E-state index contributed by atoms with van der Waals surface area (Å²) in [5, 5.41) is 0.736. The molecule has 2 aromatic carbocycles. The van der Waals surface area contributed by atoms with Crippen molar-refractivity contribution >= 4 is 39.1 Å². The lowest BCUT2D eigenvalue weighted by molar-refractivity contribution is -0.142. The lowest BCUT2D eigenvalue weighted by Gasteiger charge is -2.44. The number of anilines is 1. The third kappa shape index (κ3) is 4.24. The van der Waals surface area contributed by atoms with Crippen LogP contribution in [0.1, 0.15) is 32.4 Å². The smallest absolute Gasteiger partial charge is 0.228 e. The molecule has 0 N–H and O–H groups in total. The monoisotopic (exact) mass is 434 g/mol. The minimum Gasteiger partial charge on any atom is -0.367 e. The fourth-order valence-corrected chi connectivity index (χ4v) is 3.70. The molecule has 1 amide bonds. The van der Waals surface area contributed by atoms with Crippen molar-refractivity contribution in [2.24, 2.45) is 5.41 Å². The van der Waals surface area contributed by atoms with E-state index < -0.39 is 5.41 Å². The average molecular weight is 436 g/mol. The van der Waals surface area contributed by atoms with Gasteiger partial charge in [-0.2, -0.15) is 0 Å². The van der Waals surface area contributed by atoms with Crippen LogP contribution in [0.25, 0.3) is 0 Å². The number of carbonyl (C=O) groups excluding carboxylic acids is 1. The molecule has 1 aliphatic heterocycles. The summed E-state index contributed by atoms with van der Waals surface area (Å²) in [5.74, 6) is 0.196. The Morgan fingerprint density at radius 2 is 1.65 bits per heavy atom. The summed E-state index contributed by atoms with van der Waals surface area (Å²) < 4.78 is 1.04. The summed E-state index contributed by atoms with van der Waals surface area (Å²) in [6, 6.07) is 16.2. The lowest BCUT2D eigenvalue weighted by atomic mass is 9.91. The van der Waals surface area contributed by atoms with Crippen LogP contribution in [0.2, 0.25) is 5.02 Å². The third-order valence-corrected chi connectivity index (χ3v) is 5.51. The first-order valence-electron chi connectivity index (χ1n) is 8.83. The zero-order valence-corrected chi connectivity index (χ0v) is 17.7. The standard InChI is InChI=1S/C21H24BrClN2O/c1-21(2,3)20(26)25-13-12-24(18-10-8-17(23)9-11-18)14-19(25)15-4-6-16(22)7-5-15/h4-11,19H,12-14H2,1-3H3. The van der Waals surface area contributed by atoms with Crippen LogP contribution in [-0.2, 0) is 4.79 Å². The number of hydrogen-bond donors (Lipinski definition) is 0. The Morgan fingerprint density at radius 3 is 2.23 bits per heavy atom. The Bertz CT molecular complexity index is 768. The van der Waals surface area contributed by atoms with Crippen molar-refractivity contribution in [1.82, 2.24) is 4.90 Å². The molecule has 138 valence electrons. The summed E-state index contributed by atoms with van der Waals surface area (Å²) in [6.07, 6.45) is 0. The Morgan fingerprint density at radius 1 is 1.04 bits per heavy atom. The highest BCUT2D eigenvalue weighted by atomic mass is 79.9. The van der Waals surface area contributed by atoms with Gasteiger partial charge in [0.05, 0.1) is 6.04 Å². The lowest BCUT2D eigenvalue weighted by Crippen LogP contribution is -2.53. The highest BCUT2D eigenvalue weighted by Crippen LogP contribution is 2.33. The number of hydrogen-bond acceptors (Lipinski definition) is 2. The summed E-state index contributed by atoms with van der Waals surface area (Å²) >= 11 is 9.53. The Balaban J connectivity index is 1.91. The van der Waals surface area contributed by atoms with E-state index in [4.69, 9.17) is 11.6 Å². The first kappa shape index (κ1) is 19.2. The van der Waals surface area contributed by atoms with Crippen molar-refractivity contribution in [3.05, 3.63) is 63.6 Å². The predicted octanol–water partition coefficient (Wildman–Crippen LogP) is 5.54. The molecule has 1 fully saturated rings. The Hall–Kier alpha value is -1.52. The fourth-order valence-electron chi connectivity index (χ4n) is 3.31. The predicted molar refractivity (Wildman–Crippen MR) is 112 cm³/mol. The van der Waals surface area contributed by atoms with Crippen LogP contribution in [0, 0.1) is 5.41 Å². The van der Waals surface area contributed by atoms with Crippen molar-refractivity contribution in [2.75, 3.05) is 24.5 Å². The molecule has 5 heteroatoms. The summed E-state index contributed by atoms with van der Waals surface area (Å²) in [6.45, 7) is 8.25. The quantitative estimate of drug-likeness (QED) is 0.618. The zero-order chi connectivity index (χ0) is 18.9. The van der Waals surface area contributed by atoms with E-state index in [9.17, 15) is 4.79 Å². The second-order valence-corrected chi connectivity index (χ2v) is 9.09. The fraction of sp³-hybridized carbons (Fsp3) is 0.381. The molecule has 0 spiro atoms. The van der Waals surface area contributed by atoms with Gasteiger partial charge in [-0.25, -0.2) is 0 Å². The van der Waals surface area contributed by atoms with Crippen LogP contribution in [0.4, 0.5) is 5.69 Å². The van der Waals surface area contributed by atoms with Gasteiger partial charge in [0.2, 0.25) is 5.91 Å². The van der Waals surface area contributed by atoms with Gasteiger partial charge < -0.3 is 9.80 Å². The summed E-state index contributed by atoms with van der Waals surface area (Å²) in [7, 11) is 0. The van der Waals surface area contributed by atoms with Crippen LogP contribution >= 0.6 is 27.5 Å². The van der Waals surface area contributed by atoms with Crippen molar-refractivity contribution in [3.63, 3.8) is 0 Å². The van der Waals surface area contributed by atoms with Crippen molar-refractivity contribution in [2.45, 2.75) is 26.8 Å². The van der Waals surface area contributed by atoms with Gasteiger partial charge in [-0.1, -0.05) is 60.4 Å². The van der Waals surface area contributed by atoms with Gasteiger partial charge >= 0.3 is 0 Å². The first-order valence-corrected chi connectivity index (χ1v) is 10.00. The molecular formula is C21H24BrClN2O. The molecule has 0 saturated carbocycles. The van der Waals surface area contributed by atoms with Gasteiger partial charge in [-0.05, 0) is 42.0 Å². The van der Waals surface area contributed by atoms with E-state index in [1.165, 1.54) is 0 Å². The largest absolute Gasteiger partial charge is 0.367 e. The van der Waals surface area contributed by atoms with E-state index in [0.717, 1.165) is 33.8 Å². The minimum atomic E-state index is -0.393. The molecule has 26 heavy (non-hydrogen) atoms. The van der Waals surface area contributed by atoms with Crippen LogP contribution in [0.3, 0.4) is 0 Å². The molecule has 3 nitrogen and oxygen atoms in total. The van der Waals surface area contributed by atoms with Crippen molar-refractivity contribution < 1.29 is 4.79 Å². The Kier molecular flexibility index (Phi) is 5.64. The van der Waals surface area contributed by atoms with Gasteiger partial charge in [-0.3, -0.25) is 4.79 Å². The second-order valence-electron chi connectivity index (χ2n) is 7.74. The van der Waals surface area contributed by atoms with Gasteiger partial charge in [0, 0.05) is 40.2 Å². The minimum absolute atomic E-state index is 0.0271. The molecule has 1 heterocycles. The second kappa shape index (κ2) is 7.61. The SMILES string of the molecule is CC(C)(C)C(=O)N1CCN(c2ccc(Cl)cc2)CC1c1ccc(Br)cc1. The van der Waals surface area contributed by atoms with Gasteiger partial charge in [-0.15, -0.1) is 0 Å². The highest BCUT2D eigenvalue weighted by Gasteiger charge is 2.36. The average Bonchev–Trinajstić information content (AvgIpc) is 2.61. The van der Waals surface area contributed by atoms with E-state index in [2.05, 4.69) is 33.0 Å². The number of amides is 1. The van der Waals surface area contributed by atoms with Crippen LogP contribution in [-0.4, -0.2) is 30.4 Å². The molecule has 3 rings (SSSR count).